The van der Waals surface area contributed by atoms with Crippen molar-refractivity contribution in [2.45, 2.75) is 0 Å². The van der Waals surface area contributed by atoms with Gasteiger partial charge in [0.1, 0.15) is 0 Å². The largest absolute Gasteiger partial charge is 0.228 e. The molecular weight excluding hydrogens is 613 g/mol. The average Bonchev–Trinajstić information content (AvgIpc) is 3.60. The molecule has 0 saturated heterocycles. The highest BCUT2D eigenvalue weighted by Gasteiger charge is 2.16. The van der Waals surface area contributed by atoms with Gasteiger partial charge >= 0.3 is 0 Å². The fraction of sp³-hybridized carbons (Fsp3) is 0. The topological polar surface area (TPSA) is 25.8 Å². The number of aromatic nitrogens is 2. The maximum Gasteiger partial charge on any atom is 0.160 e. The van der Waals surface area contributed by atoms with Crippen LogP contribution in [0.1, 0.15) is 6.85 Å². The smallest absolute Gasteiger partial charge is 0.160 e. The number of nitrogens with zero attached hydrogens (tertiary/aromatic N) is 2. The van der Waals surface area contributed by atoms with Crippen LogP contribution in [0.25, 0.3) is 97.5 Å². The molecule has 0 unspecified atom stereocenters. The van der Waals surface area contributed by atoms with Crippen LogP contribution in [0.4, 0.5) is 0 Å². The van der Waals surface area contributed by atoms with Crippen LogP contribution in [0.15, 0.2) is 170 Å². The minimum Gasteiger partial charge on any atom is -0.228 e. The minimum absolute atomic E-state index is 0.0290. The van der Waals surface area contributed by atoms with Crippen LogP contribution < -0.4 is 0 Å². The molecule has 0 spiro atoms. The highest BCUT2D eigenvalue weighted by molar-refractivity contribution is 7.26. The van der Waals surface area contributed by atoms with Crippen molar-refractivity contribution in [3.8, 4) is 45.0 Å². The second kappa shape index (κ2) is 11.2. The fourth-order valence-electron chi connectivity index (χ4n) is 7.09. The van der Waals surface area contributed by atoms with Crippen molar-refractivity contribution < 1.29 is 6.85 Å². The Labute approximate surface area is 294 Å². The first-order valence-corrected chi connectivity index (χ1v) is 17.0. The molecule has 10 rings (SSSR count). The Balaban J connectivity index is 1.19. The molecule has 0 aliphatic heterocycles. The summed E-state index contributed by atoms with van der Waals surface area (Å²) >= 11 is 1.68. The highest BCUT2D eigenvalue weighted by atomic mass is 32.1. The lowest BCUT2D eigenvalue weighted by Crippen LogP contribution is -1.96. The van der Waals surface area contributed by atoms with Crippen molar-refractivity contribution in [1.29, 1.82) is 0 Å². The van der Waals surface area contributed by atoms with Gasteiger partial charge in [0.15, 0.2) is 5.82 Å². The maximum atomic E-state index is 8.78. The predicted molar refractivity (Wildman–Crippen MR) is 209 cm³/mol. The van der Waals surface area contributed by atoms with Gasteiger partial charge in [-0.3, -0.25) is 0 Å². The van der Waals surface area contributed by atoms with Crippen LogP contribution in [0.3, 0.4) is 0 Å². The first-order valence-electron chi connectivity index (χ1n) is 18.7. The zero-order valence-corrected chi connectivity index (χ0v) is 26.9. The second-order valence-corrected chi connectivity index (χ2v) is 13.2. The zero-order chi connectivity index (χ0) is 36.7. The third-order valence-corrected chi connectivity index (χ3v) is 10.6. The van der Waals surface area contributed by atoms with Gasteiger partial charge in [-0.1, -0.05) is 152 Å². The van der Waals surface area contributed by atoms with E-state index < -0.39 is 18.1 Å². The lowest BCUT2D eigenvalue weighted by molar-refractivity contribution is 1.19. The molecule has 0 amide bonds. The Morgan fingerprint density at radius 3 is 2.00 bits per heavy atom. The minimum atomic E-state index is -0.454. The Morgan fingerprint density at radius 2 is 1.14 bits per heavy atom. The van der Waals surface area contributed by atoms with Crippen LogP contribution in [0.5, 0.6) is 0 Å². The molecule has 228 valence electrons. The van der Waals surface area contributed by atoms with E-state index in [0.29, 0.717) is 11.4 Å². The summed E-state index contributed by atoms with van der Waals surface area (Å²) < 4.78 is 44.8. The van der Waals surface area contributed by atoms with E-state index >= 15 is 0 Å². The van der Waals surface area contributed by atoms with Crippen molar-refractivity contribution in [3.63, 3.8) is 0 Å². The molecule has 0 saturated carbocycles. The average molecular weight is 646 g/mol. The van der Waals surface area contributed by atoms with E-state index in [1.54, 1.807) is 11.3 Å². The van der Waals surface area contributed by atoms with Crippen molar-refractivity contribution >= 4 is 63.8 Å². The molecule has 0 radical (unpaired) electrons. The standard InChI is InChI=1S/C46H28N2S/c1-2-12-32(13-3-1)46-47-41(28-42(48-46)39-19-10-18-38-36-17-8-9-20-43(36)49-45(38)39)30-21-23-31(24-22-30)44-35-16-7-5-14-33(35)27-40-34-15-6-4-11-29(34)25-26-37(40)44/h1-28H/i1D,2D,3D,12D,13D. The van der Waals surface area contributed by atoms with E-state index in [0.717, 1.165) is 47.8 Å². The van der Waals surface area contributed by atoms with Gasteiger partial charge in [0.25, 0.3) is 0 Å². The summed E-state index contributed by atoms with van der Waals surface area (Å²) in [6, 6.07) is 46.3. The highest BCUT2D eigenvalue weighted by Crippen LogP contribution is 2.42. The van der Waals surface area contributed by atoms with E-state index in [9.17, 15) is 0 Å². The summed E-state index contributed by atoms with van der Waals surface area (Å²) in [6.07, 6.45) is 0. The number of hydrogen-bond acceptors (Lipinski definition) is 3. The summed E-state index contributed by atoms with van der Waals surface area (Å²) in [6.45, 7) is 0. The quantitative estimate of drug-likeness (QED) is 0.141. The molecule has 0 bridgehead atoms. The summed E-state index contributed by atoms with van der Waals surface area (Å²) in [5, 5.41) is 9.37. The second-order valence-electron chi connectivity index (χ2n) is 12.2. The fourth-order valence-corrected chi connectivity index (χ4v) is 8.32. The number of rotatable bonds is 4. The monoisotopic (exact) mass is 645 g/mol. The van der Waals surface area contributed by atoms with Crippen molar-refractivity contribution in [2.24, 2.45) is 0 Å². The number of thiophene rings is 1. The molecule has 0 N–H and O–H groups in total. The number of benzene rings is 8. The van der Waals surface area contributed by atoms with Gasteiger partial charge in [0.05, 0.1) is 18.2 Å². The first kappa shape index (κ1) is 23.2. The molecule has 0 aliphatic carbocycles. The Morgan fingerprint density at radius 1 is 0.449 bits per heavy atom. The van der Waals surface area contributed by atoms with Gasteiger partial charge in [0.2, 0.25) is 0 Å². The summed E-state index contributed by atoms with van der Waals surface area (Å²) in [4.78, 5) is 9.86. The first-order chi connectivity index (χ1) is 26.4. The number of fused-ring (bicyclic) bond motifs is 7. The van der Waals surface area contributed by atoms with Gasteiger partial charge in [-0.05, 0) is 61.6 Å². The Bertz CT molecular complexity index is 3140. The zero-order valence-electron chi connectivity index (χ0n) is 31.1. The van der Waals surface area contributed by atoms with Crippen LogP contribution >= 0.6 is 11.3 Å². The Hall–Kier alpha value is -6.16. The van der Waals surface area contributed by atoms with E-state index in [-0.39, 0.29) is 23.5 Å². The Kier molecular flexibility index (Phi) is 5.32. The third kappa shape index (κ3) is 4.62. The lowest BCUT2D eigenvalue weighted by Gasteiger charge is -2.15. The molecule has 0 aliphatic rings. The van der Waals surface area contributed by atoms with Crippen LogP contribution in [0.2, 0.25) is 0 Å². The molecule has 3 heteroatoms. The van der Waals surface area contributed by atoms with Gasteiger partial charge in [-0.15, -0.1) is 11.3 Å². The van der Waals surface area contributed by atoms with Gasteiger partial charge in [0, 0.05) is 36.9 Å². The molecule has 0 fully saturated rings. The molecule has 2 aromatic heterocycles. The summed E-state index contributed by atoms with van der Waals surface area (Å²) in [5.74, 6) is 0.0774. The molecule has 0 atom stereocenters. The SMILES string of the molecule is [2H]c1c([2H])c([2H])c(-c2nc(-c3ccc(-c4c5ccccc5cc5c4ccc4ccccc45)cc3)cc(-c3cccc4c3sc3ccccc34)n2)c([2H])c1[2H]. The molecule has 8 aromatic carbocycles. The number of hydrogen-bond donors (Lipinski definition) is 0. The lowest BCUT2D eigenvalue weighted by atomic mass is 9.89. The van der Waals surface area contributed by atoms with Crippen LogP contribution in [-0.4, -0.2) is 9.97 Å². The molecular formula is C46H28N2S. The molecule has 10 aromatic rings. The van der Waals surface area contributed by atoms with E-state index in [1.165, 1.54) is 26.9 Å². The van der Waals surface area contributed by atoms with Gasteiger partial charge in [-0.2, -0.15) is 0 Å². The van der Waals surface area contributed by atoms with E-state index in [2.05, 4.69) is 97.1 Å². The van der Waals surface area contributed by atoms with Gasteiger partial charge in [-0.25, -0.2) is 9.97 Å². The summed E-state index contributed by atoms with van der Waals surface area (Å²) in [5.41, 5.74) is 5.08. The van der Waals surface area contributed by atoms with E-state index in [1.807, 2.05) is 42.5 Å². The van der Waals surface area contributed by atoms with Gasteiger partial charge < -0.3 is 0 Å². The maximum absolute atomic E-state index is 8.78. The molecule has 2 nitrogen and oxygen atoms in total. The van der Waals surface area contributed by atoms with Crippen LogP contribution in [0, 0.1) is 0 Å². The van der Waals surface area contributed by atoms with E-state index in [4.69, 9.17) is 16.8 Å². The third-order valence-electron chi connectivity index (χ3n) is 9.37. The summed E-state index contributed by atoms with van der Waals surface area (Å²) in [7, 11) is 0. The van der Waals surface area contributed by atoms with Crippen LogP contribution in [-0.2, 0) is 0 Å². The normalized spacial score (nSPS) is 13.1. The van der Waals surface area contributed by atoms with Crippen molar-refractivity contribution in [1.82, 2.24) is 9.97 Å². The van der Waals surface area contributed by atoms with Crippen molar-refractivity contribution in [3.05, 3.63) is 170 Å². The predicted octanol–water partition coefficient (Wildman–Crippen LogP) is 13.0. The molecule has 49 heavy (non-hydrogen) atoms. The molecule has 2 heterocycles. The van der Waals surface area contributed by atoms with Crippen molar-refractivity contribution in [2.75, 3.05) is 0 Å².